The van der Waals surface area contributed by atoms with Gasteiger partial charge in [0.15, 0.2) is 11.5 Å². The lowest BCUT2D eigenvalue weighted by atomic mass is 10.1. The lowest BCUT2D eigenvalue weighted by molar-refractivity contribution is 0.221. The molecule has 0 radical (unpaired) electrons. The number of aromatic hydroxyl groups is 1. The standard InChI is InChI=1S/C28H29N3O5/c1-34-25-12-11-19(16-26(25)35-2)31-27(32)21-9-4-3-8-20(21)22(28(31)33)17-29-18-23(24-10-7-15-36-24)30-13-5-6-14-30/h3-4,7-12,15-17,23,33H,5-6,13-14,18H2,1-2H3/t23-/m1/s1. The van der Waals surface area contributed by atoms with E-state index in [1.54, 1.807) is 49.9 Å². The molecule has 1 saturated heterocycles. The molecule has 36 heavy (non-hydrogen) atoms. The first-order valence-corrected chi connectivity index (χ1v) is 12.0. The highest BCUT2D eigenvalue weighted by atomic mass is 16.5. The molecule has 3 heterocycles. The Balaban J connectivity index is 1.58. The predicted octanol–water partition coefficient (Wildman–Crippen LogP) is 4.56. The Hall–Kier alpha value is -4.04. The predicted molar refractivity (Wildman–Crippen MR) is 139 cm³/mol. The van der Waals surface area contributed by atoms with Crippen LogP contribution in [0, 0.1) is 0 Å². The minimum Gasteiger partial charge on any atom is -0.494 e. The molecule has 186 valence electrons. The van der Waals surface area contributed by atoms with Gasteiger partial charge in [-0.25, -0.2) is 4.57 Å². The Kier molecular flexibility index (Phi) is 6.77. The quantitative estimate of drug-likeness (QED) is 0.367. The van der Waals surface area contributed by atoms with Gasteiger partial charge in [0.1, 0.15) is 5.76 Å². The van der Waals surface area contributed by atoms with E-state index in [9.17, 15) is 9.90 Å². The monoisotopic (exact) mass is 487 g/mol. The number of nitrogens with zero attached hydrogens (tertiary/aromatic N) is 3. The van der Waals surface area contributed by atoms with E-state index in [1.807, 2.05) is 24.3 Å². The topological polar surface area (TPSA) is 89.4 Å². The third kappa shape index (κ3) is 4.35. The number of likely N-dealkylation sites (tertiary alicyclic amines) is 1. The van der Waals surface area contributed by atoms with Crippen molar-refractivity contribution in [1.29, 1.82) is 0 Å². The van der Waals surface area contributed by atoms with Crippen molar-refractivity contribution in [2.45, 2.75) is 18.9 Å². The van der Waals surface area contributed by atoms with Crippen LogP contribution in [0.3, 0.4) is 0 Å². The van der Waals surface area contributed by atoms with Crippen molar-refractivity contribution in [3.05, 3.63) is 82.5 Å². The van der Waals surface area contributed by atoms with Gasteiger partial charge in [-0.05, 0) is 56.3 Å². The number of hydrogen-bond donors (Lipinski definition) is 1. The van der Waals surface area contributed by atoms with E-state index in [1.165, 1.54) is 11.7 Å². The first-order valence-electron chi connectivity index (χ1n) is 12.0. The molecule has 1 N–H and O–H groups in total. The van der Waals surface area contributed by atoms with Crippen molar-refractivity contribution in [3.63, 3.8) is 0 Å². The van der Waals surface area contributed by atoms with E-state index in [-0.39, 0.29) is 17.5 Å². The van der Waals surface area contributed by atoms with Crippen molar-refractivity contribution in [3.8, 4) is 23.1 Å². The molecular formula is C28H29N3O5. The smallest absolute Gasteiger partial charge is 0.265 e. The van der Waals surface area contributed by atoms with Crippen molar-refractivity contribution >= 4 is 17.0 Å². The number of pyridine rings is 1. The first kappa shape index (κ1) is 23.7. The normalized spacial score (nSPS) is 15.1. The summed E-state index contributed by atoms with van der Waals surface area (Å²) >= 11 is 0. The highest BCUT2D eigenvalue weighted by Crippen LogP contribution is 2.32. The highest BCUT2D eigenvalue weighted by molar-refractivity contribution is 6.01. The van der Waals surface area contributed by atoms with Crippen LogP contribution >= 0.6 is 0 Å². The summed E-state index contributed by atoms with van der Waals surface area (Å²) in [7, 11) is 3.07. The van der Waals surface area contributed by atoms with Gasteiger partial charge in [-0.15, -0.1) is 0 Å². The van der Waals surface area contributed by atoms with Gasteiger partial charge < -0.3 is 19.0 Å². The molecule has 8 heteroatoms. The molecule has 1 aliphatic heterocycles. The average Bonchev–Trinajstić information content (AvgIpc) is 3.63. The van der Waals surface area contributed by atoms with Gasteiger partial charge >= 0.3 is 0 Å². The van der Waals surface area contributed by atoms with Crippen LogP contribution in [0.4, 0.5) is 0 Å². The lowest BCUT2D eigenvalue weighted by Gasteiger charge is -2.24. The maximum Gasteiger partial charge on any atom is 0.265 e. The van der Waals surface area contributed by atoms with E-state index in [2.05, 4.69) is 4.90 Å². The molecule has 0 bridgehead atoms. The number of furan rings is 1. The van der Waals surface area contributed by atoms with Crippen LogP contribution in [0.2, 0.25) is 0 Å². The summed E-state index contributed by atoms with van der Waals surface area (Å²) in [5.41, 5.74) is 0.596. The third-order valence-corrected chi connectivity index (χ3v) is 6.68. The Labute approximate surface area is 209 Å². The summed E-state index contributed by atoms with van der Waals surface area (Å²) in [6.07, 6.45) is 5.64. The molecule has 8 nitrogen and oxygen atoms in total. The second-order valence-corrected chi connectivity index (χ2v) is 8.73. The molecule has 0 spiro atoms. The second-order valence-electron chi connectivity index (χ2n) is 8.73. The Morgan fingerprint density at radius 2 is 1.78 bits per heavy atom. The maximum absolute atomic E-state index is 13.4. The number of ether oxygens (including phenoxy) is 2. The fourth-order valence-electron chi connectivity index (χ4n) is 4.86. The van der Waals surface area contributed by atoms with Gasteiger partial charge in [-0.3, -0.25) is 14.7 Å². The van der Waals surface area contributed by atoms with Crippen molar-refractivity contribution < 1.29 is 19.0 Å². The van der Waals surface area contributed by atoms with Gasteiger partial charge in [0.05, 0.1) is 44.3 Å². The molecule has 4 aromatic rings. The third-order valence-electron chi connectivity index (χ3n) is 6.68. The van der Waals surface area contributed by atoms with E-state index in [4.69, 9.17) is 18.9 Å². The molecule has 0 amide bonds. The summed E-state index contributed by atoms with van der Waals surface area (Å²) in [5, 5.41) is 12.5. The number of aliphatic imine (C=N–C) groups is 1. The number of fused-ring (bicyclic) bond motifs is 1. The van der Waals surface area contributed by atoms with Crippen LogP contribution in [0.5, 0.6) is 17.4 Å². The van der Waals surface area contributed by atoms with Crippen LogP contribution in [0.15, 0.2) is 75.1 Å². The van der Waals surface area contributed by atoms with Crippen LogP contribution in [0.25, 0.3) is 16.5 Å². The minimum atomic E-state index is -0.335. The molecule has 0 unspecified atom stereocenters. The minimum absolute atomic E-state index is 0.0175. The second kappa shape index (κ2) is 10.3. The first-order chi connectivity index (χ1) is 17.6. The van der Waals surface area contributed by atoms with Gasteiger partial charge in [0.2, 0.25) is 5.88 Å². The van der Waals surface area contributed by atoms with Crippen LogP contribution in [0.1, 0.15) is 30.2 Å². The van der Waals surface area contributed by atoms with Crippen molar-refractivity contribution in [2.75, 3.05) is 33.9 Å². The van der Waals surface area contributed by atoms with E-state index in [0.29, 0.717) is 40.1 Å². The SMILES string of the molecule is COc1ccc(-n2c(O)c(C=NC[C@H](c3ccco3)N3CCCC3)c3ccccc3c2=O)cc1OC. The summed E-state index contributed by atoms with van der Waals surface area (Å²) in [6, 6.07) is 16.2. The lowest BCUT2D eigenvalue weighted by Crippen LogP contribution is -2.27. The van der Waals surface area contributed by atoms with Gasteiger partial charge in [-0.2, -0.15) is 0 Å². The van der Waals surface area contributed by atoms with Crippen LogP contribution in [-0.4, -0.2) is 54.6 Å². The molecule has 1 fully saturated rings. The average molecular weight is 488 g/mol. The van der Waals surface area contributed by atoms with E-state index in [0.717, 1.165) is 31.7 Å². The maximum atomic E-state index is 13.4. The molecule has 2 aromatic carbocycles. The van der Waals surface area contributed by atoms with Crippen LogP contribution < -0.4 is 15.0 Å². The molecular weight excluding hydrogens is 458 g/mol. The van der Waals surface area contributed by atoms with Gasteiger partial charge in [-0.1, -0.05) is 18.2 Å². The van der Waals surface area contributed by atoms with Crippen molar-refractivity contribution in [2.24, 2.45) is 4.99 Å². The number of rotatable bonds is 8. The number of aromatic nitrogens is 1. The zero-order valence-corrected chi connectivity index (χ0v) is 20.4. The van der Waals surface area contributed by atoms with E-state index >= 15 is 0 Å². The molecule has 1 atom stereocenters. The summed E-state index contributed by atoms with van der Waals surface area (Å²) < 4.78 is 17.7. The van der Waals surface area contributed by atoms with E-state index < -0.39 is 0 Å². The molecule has 0 aliphatic carbocycles. The highest BCUT2D eigenvalue weighted by Gasteiger charge is 2.25. The zero-order chi connectivity index (χ0) is 25.1. The largest absolute Gasteiger partial charge is 0.494 e. The molecule has 1 aliphatic rings. The molecule has 5 rings (SSSR count). The fraction of sp³-hybridized carbons (Fsp3) is 0.286. The fourth-order valence-corrected chi connectivity index (χ4v) is 4.86. The van der Waals surface area contributed by atoms with Gasteiger partial charge in [0, 0.05) is 23.1 Å². The van der Waals surface area contributed by atoms with Crippen LogP contribution in [-0.2, 0) is 0 Å². The number of methoxy groups -OCH3 is 2. The van der Waals surface area contributed by atoms with Crippen molar-refractivity contribution in [1.82, 2.24) is 9.47 Å². The number of hydrogen-bond acceptors (Lipinski definition) is 7. The van der Waals surface area contributed by atoms with Gasteiger partial charge in [0.25, 0.3) is 5.56 Å². The Bertz CT molecular complexity index is 1440. The number of benzene rings is 2. The molecule has 0 saturated carbocycles. The summed E-state index contributed by atoms with van der Waals surface area (Å²) in [6.45, 7) is 2.47. The Morgan fingerprint density at radius 3 is 2.47 bits per heavy atom. The summed E-state index contributed by atoms with van der Waals surface area (Å²) in [5.74, 6) is 1.67. The molecule has 2 aromatic heterocycles. The zero-order valence-electron chi connectivity index (χ0n) is 20.4. The summed E-state index contributed by atoms with van der Waals surface area (Å²) in [4.78, 5) is 20.5. The Morgan fingerprint density at radius 1 is 1.03 bits per heavy atom.